The van der Waals surface area contributed by atoms with Crippen molar-refractivity contribution in [1.82, 2.24) is 10.6 Å². The van der Waals surface area contributed by atoms with Gasteiger partial charge in [-0.3, -0.25) is 9.59 Å². The van der Waals surface area contributed by atoms with Gasteiger partial charge in [0.1, 0.15) is 5.75 Å². The Labute approximate surface area is 143 Å². The lowest BCUT2D eigenvalue weighted by molar-refractivity contribution is -0.125. The van der Waals surface area contributed by atoms with Gasteiger partial charge in [0.25, 0.3) is 0 Å². The summed E-state index contributed by atoms with van der Waals surface area (Å²) < 4.78 is 5.89. The number of aryl methyl sites for hydroxylation is 1. The number of halogens is 1. The van der Waals surface area contributed by atoms with Gasteiger partial charge in [-0.05, 0) is 31.9 Å². The van der Waals surface area contributed by atoms with E-state index in [0.717, 1.165) is 23.3 Å². The van der Waals surface area contributed by atoms with E-state index in [0.29, 0.717) is 6.54 Å². The number of ether oxygens (including phenoxy) is 1. The lowest BCUT2D eigenvalue weighted by Gasteiger charge is -2.17. The summed E-state index contributed by atoms with van der Waals surface area (Å²) in [4.78, 5) is 22.7. The second kappa shape index (κ2) is 10.9. The molecule has 0 spiro atoms. The van der Waals surface area contributed by atoms with Crippen molar-refractivity contribution in [2.45, 2.75) is 39.8 Å². The highest BCUT2D eigenvalue weighted by atomic mass is 35.5. The van der Waals surface area contributed by atoms with Crippen LogP contribution in [0.2, 0.25) is 0 Å². The molecule has 4 N–H and O–H groups in total. The summed E-state index contributed by atoms with van der Waals surface area (Å²) >= 11 is 0. The molecule has 1 rings (SSSR count). The minimum atomic E-state index is -0.355. The van der Waals surface area contributed by atoms with Crippen LogP contribution in [0, 0.1) is 6.92 Å². The quantitative estimate of drug-likeness (QED) is 0.663. The highest BCUT2D eigenvalue weighted by Crippen LogP contribution is 2.22. The van der Waals surface area contributed by atoms with Crippen LogP contribution < -0.4 is 21.1 Å². The van der Waals surface area contributed by atoms with Gasteiger partial charge in [0.2, 0.25) is 11.8 Å². The highest BCUT2D eigenvalue weighted by Gasteiger charge is 2.10. The fourth-order valence-corrected chi connectivity index (χ4v) is 1.72. The molecule has 0 aliphatic heterocycles. The molecule has 0 aliphatic rings. The van der Waals surface area contributed by atoms with Crippen LogP contribution in [0.4, 0.5) is 0 Å². The molecular formula is C16H26ClN3O3. The van der Waals surface area contributed by atoms with Gasteiger partial charge in [0.15, 0.2) is 0 Å². The predicted molar refractivity (Wildman–Crippen MR) is 92.7 cm³/mol. The first-order valence-electron chi connectivity index (χ1n) is 7.45. The standard InChI is InChI=1S/C16H25N3O3.ClH/c1-4-12(3)22-14-7-11(2)5-6-13(14)9-18-16(21)10-19-15(20)8-17;/h5-7,12H,4,8-10,17H2,1-3H3,(H,18,21)(H,19,20);1H. The van der Waals surface area contributed by atoms with Crippen LogP contribution in [0.15, 0.2) is 18.2 Å². The first-order chi connectivity index (χ1) is 10.5. The summed E-state index contributed by atoms with van der Waals surface area (Å²) in [6.07, 6.45) is 1.02. The third-order valence-corrected chi connectivity index (χ3v) is 3.23. The van der Waals surface area contributed by atoms with E-state index in [-0.39, 0.29) is 43.4 Å². The average molecular weight is 344 g/mol. The second-order valence-electron chi connectivity index (χ2n) is 5.21. The van der Waals surface area contributed by atoms with Crippen molar-refractivity contribution < 1.29 is 14.3 Å². The zero-order valence-electron chi connectivity index (χ0n) is 13.8. The van der Waals surface area contributed by atoms with E-state index in [1.807, 2.05) is 32.0 Å². The molecule has 1 aromatic rings. The number of rotatable bonds is 8. The fourth-order valence-electron chi connectivity index (χ4n) is 1.72. The Bertz CT molecular complexity index is 523. The summed E-state index contributed by atoms with van der Waals surface area (Å²) in [5.41, 5.74) is 7.16. The molecule has 0 aromatic heterocycles. The van der Waals surface area contributed by atoms with Crippen molar-refractivity contribution in [3.8, 4) is 5.75 Å². The van der Waals surface area contributed by atoms with Crippen LogP contribution in [0.5, 0.6) is 5.75 Å². The number of nitrogens with two attached hydrogens (primary N) is 1. The molecule has 1 unspecified atom stereocenters. The van der Waals surface area contributed by atoms with E-state index in [1.165, 1.54) is 0 Å². The van der Waals surface area contributed by atoms with Gasteiger partial charge in [-0.15, -0.1) is 12.4 Å². The molecule has 0 saturated carbocycles. The number of hydrogen-bond donors (Lipinski definition) is 3. The van der Waals surface area contributed by atoms with Gasteiger partial charge >= 0.3 is 0 Å². The molecule has 1 atom stereocenters. The third-order valence-electron chi connectivity index (χ3n) is 3.23. The number of carbonyl (C=O) groups is 2. The number of benzene rings is 1. The zero-order chi connectivity index (χ0) is 16.5. The SMILES string of the molecule is CCC(C)Oc1cc(C)ccc1CNC(=O)CNC(=O)CN.Cl. The molecule has 6 nitrogen and oxygen atoms in total. The monoisotopic (exact) mass is 343 g/mol. The fraction of sp³-hybridized carbons (Fsp3) is 0.500. The summed E-state index contributed by atoms with van der Waals surface area (Å²) in [6, 6.07) is 5.87. The first kappa shape index (κ1) is 21.2. The van der Waals surface area contributed by atoms with Crippen molar-refractivity contribution in [3.05, 3.63) is 29.3 Å². The Kier molecular flexibility index (Phi) is 10.0. The lowest BCUT2D eigenvalue weighted by atomic mass is 10.1. The number of hydrogen-bond acceptors (Lipinski definition) is 4. The average Bonchev–Trinajstić information content (AvgIpc) is 2.51. The molecule has 7 heteroatoms. The van der Waals surface area contributed by atoms with Crippen molar-refractivity contribution >= 4 is 24.2 Å². The Morgan fingerprint density at radius 2 is 1.96 bits per heavy atom. The van der Waals surface area contributed by atoms with E-state index in [1.54, 1.807) is 0 Å². The largest absolute Gasteiger partial charge is 0.490 e. The highest BCUT2D eigenvalue weighted by molar-refractivity contribution is 5.85. The first-order valence-corrected chi connectivity index (χ1v) is 7.45. The van der Waals surface area contributed by atoms with Gasteiger partial charge in [0, 0.05) is 12.1 Å². The second-order valence-corrected chi connectivity index (χ2v) is 5.21. The van der Waals surface area contributed by atoms with Crippen LogP contribution in [0.25, 0.3) is 0 Å². The Balaban J connectivity index is 0.00000484. The van der Waals surface area contributed by atoms with Crippen molar-refractivity contribution in [2.75, 3.05) is 13.1 Å². The smallest absolute Gasteiger partial charge is 0.239 e. The molecule has 2 amide bonds. The van der Waals surface area contributed by atoms with Crippen molar-refractivity contribution in [2.24, 2.45) is 5.73 Å². The molecule has 0 heterocycles. The molecule has 23 heavy (non-hydrogen) atoms. The van der Waals surface area contributed by atoms with Gasteiger partial charge in [-0.2, -0.15) is 0 Å². The maximum absolute atomic E-state index is 11.7. The number of carbonyl (C=O) groups excluding carboxylic acids is 2. The predicted octanol–water partition coefficient (Wildman–Crippen LogP) is 1.29. The Morgan fingerprint density at radius 3 is 2.57 bits per heavy atom. The summed E-state index contributed by atoms with van der Waals surface area (Å²) in [5.74, 6) is 0.156. The summed E-state index contributed by atoms with van der Waals surface area (Å²) in [7, 11) is 0. The third kappa shape index (κ3) is 7.85. The van der Waals surface area contributed by atoms with Crippen LogP contribution in [-0.2, 0) is 16.1 Å². The molecule has 0 radical (unpaired) electrons. The maximum Gasteiger partial charge on any atom is 0.239 e. The lowest BCUT2D eigenvalue weighted by Crippen LogP contribution is -2.39. The van der Waals surface area contributed by atoms with E-state index in [9.17, 15) is 9.59 Å². The zero-order valence-corrected chi connectivity index (χ0v) is 14.7. The molecule has 0 fully saturated rings. The Hall–Kier alpha value is -1.79. The van der Waals surface area contributed by atoms with E-state index >= 15 is 0 Å². The number of nitrogens with one attached hydrogen (secondary N) is 2. The molecular weight excluding hydrogens is 318 g/mol. The topological polar surface area (TPSA) is 93.5 Å². The molecule has 0 saturated heterocycles. The van der Waals surface area contributed by atoms with Crippen LogP contribution in [0.3, 0.4) is 0 Å². The molecule has 130 valence electrons. The van der Waals surface area contributed by atoms with Crippen LogP contribution in [-0.4, -0.2) is 31.0 Å². The van der Waals surface area contributed by atoms with Crippen molar-refractivity contribution in [1.29, 1.82) is 0 Å². The normalized spacial score (nSPS) is 11.1. The van der Waals surface area contributed by atoms with Gasteiger partial charge in [0.05, 0.1) is 19.2 Å². The molecule has 1 aromatic carbocycles. The van der Waals surface area contributed by atoms with Crippen LogP contribution >= 0.6 is 12.4 Å². The van der Waals surface area contributed by atoms with Crippen LogP contribution in [0.1, 0.15) is 31.4 Å². The van der Waals surface area contributed by atoms with Gasteiger partial charge in [-0.25, -0.2) is 0 Å². The maximum atomic E-state index is 11.7. The van der Waals surface area contributed by atoms with E-state index < -0.39 is 0 Å². The number of amides is 2. The van der Waals surface area contributed by atoms with E-state index in [2.05, 4.69) is 17.6 Å². The van der Waals surface area contributed by atoms with Gasteiger partial charge < -0.3 is 21.1 Å². The van der Waals surface area contributed by atoms with Gasteiger partial charge in [-0.1, -0.05) is 19.1 Å². The minimum Gasteiger partial charge on any atom is -0.490 e. The summed E-state index contributed by atoms with van der Waals surface area (Å²) in [6.45, 7) is 6.20. The Morgan fingerprint density at radius 1 is 1.26 bits per heavy atom. The minimum absolute atomic E-state index is 0. The summed E-state index contributed by atoms with van der Waals surface area (Å²) in [5, 5.41) is 5.18. The van der Waals surface area contributed by atoms with E-state index in [4.69, 9.17) is 10.5 Å². The molecule has 0 bridgehead atoms. The van der Waals surface area contributed by atoms with Crippen molar-refractivity contribution in [3.63, 3.8) is 0 Å². The molecule has 0 aliphatic carbocycles.